The van der Waals surface area contributed by atoms with Crippen molar-refractivity contribution in [3.63, 3.8) is 0 Å². The highest BCUT2D eigenvalue weighted by Gasteiger charge is 2.26. The summed E-state index contributed by atoms with van der Waals surface area (Å²) in [5.74, 6) is 0.965. The number of carbonyl (C=O) groups is 2. The van der Waals surface area contributed by atoms with Gasteiger partial charge in [0.1, 0.15) is 0 Å². The second-order valence-electron chi connectivity index (χ2n) is 7.67. The van der Waals surface area contributed by atoms with Crippen LogP contribution in [0.3, 0.4) is 0 Å². The molecule has 26 heavy (non-hydrogen) atoms. The van der Waals surface area contributed by atoms with E-state index < -0.39 is 0 Å². The van der Waals surface area contributed by atoms with Gasteiger partial charge < -0.3 is 10.2 Å². The Balaban J connectivity index is 1.53. The zero-order chi connectivity index (χ0) is 18.7. The Morgan fingerprint density at radius 1 is 1.27 bits per heavy atom. The molecule has 3 heterocycles. The average molecular weight is 380 g/mol. The molecule has 7 nitrogen and oxygen atoms in total. The van der Waals surface area contributed by atoms with Gasteiger partial charge in [0.05, 0.1) is 12.2 Å². The third kappa shape index (κ3) is 4.94. The second kappa shape index (κ2) is 8.35. The second-order valence-corrected chi connectivity index (χ2v) is 8.75. The highest BCUT2D eigenvalue weighted by Crippen LogP contribution is 2.28. The molecule has 1 saturated heterocycles. The lowest BCUT2D eigenvalue weighted by Gasteiger charge is -2.33. The van der Waals surface area contributed by atoms with Crippen LogP contribution < -0.4 is 10.6 Å². The molecule has 3 rings (SSSR count). The minimum atomic E-state index is -0.225. The molecule has 3 amide bonds. The van der Waals surface area contributed by atoms with E-state index in [4.69, 9.17) is 0 Å². The van der Waals surface area contributed by atoms with Crippen molar-refractivity contribution in [2.45, 2.75) is 52.6 Å². The fourth-order valence-corrected chi connectivity index (χ4v) is 4.43. The van der Waals surface area contributed by atoms with Crippen molar-refractivity contribution in [2.24, 2.45) is 5.92 Å². The number of hydrogen-bond donors (Lipinski definition) is 2. The number of aromatic nitrogens is 1. The number of rotatable bonds is 4. The van der Waals surface area contributed by atoms with Crippen LogP contribution in [-0.2, 0) is 17.8 Å². The van der Waals surface area contributed by atoms with Crippen LogP contribution in [0.25, 0.3) is 0 Å². The fraction of sp³-hybridized carbons (Fsp3) is 0.722. The number of piperidine rings is 1. The third-order valence-corrected chi connectivity index (χ3v) is 5.94. The van der Waals surface area contributed by atoms with Gasteiger partial charge in [0.2, 0.25) is 5.91 Å². The number of nitrogens with one attached hydrogen (secondary N) is 2. The maximum Gasteiger partial charge on any atom is 0.321 e. The Hall–Kier alpha value is -1.67. The van der Waals surface area contributed by atoms with Crippen molar-refractivity contribution < 1.29 is 9.59 Å². The molecule has 0 atom stereocenters. The molecule has 0 bridgehead atoms. The number of amides is 3. The van der Waals surface area contributed by atoms with Gasteiger partial charge in [-0.3, -0.25) is 15.0 Å². The lowest BCUT2D eigenvalue weighted by atomic mass is 9.99. The fourth-order valence-electron chi connectivity index (χ4n) is 3.38. The van der Waals surface area contributed by atoms with Crippen LogP contribution in [-0.4, -0.2) is 58.9 Å². The molecule has 144 valence electrons. The number of nitrogens with zero attached hydrogens (tertiary/aromatic N) is 3. The van der Waals surface area contributed by atoms with Crippen LogP contribution in [0.4, 0.5) is 9.93 Å². The Morgan fingerprint density at radius 2 is 2.00 bits per heavy atom. The van der Waals surface area contributed by atoms with Crippen molar-refractivity contribution in [1.82, 2.24) is 20.1 Å². The molecule has 2 N–H and O–H groups in total. The molecule has 0 unspecified atom stereocenters. The summed E-state index contributed by atoms with van der Waals surface area (Å²) in [7, 11) is 0. The van der Waals surface area contributed by atoms with E-state index in [2.05, 4.69) is 27.4 Å². The van der Waals surface area contributed by atoms with Gasteiger partial charge in [-0.15, -0.1) is 11.3 Å². The van der Waals surface area contributed by atoms with E-state index in [0.717, 1.165) is 61.9 Å². The summed E-state index contributed by atoms with van der Waals surface area (Å²) in [6.45, 7) is 9.92. The van der Waals surface area contributed by atoms with Gasteiger partial charge in [0.15, 0.2) is 5.13 Å². The number of hydrogen-bond acceptors (Lipinski definition) is 5. The Kier molecular flexibility index (Phi) is 6.13. The zero-order valence-corrected chi connectivity index (χ0v) is 16.7. The molecule has 1 aromatic heterocycles. The molecule has 0 aliphatic carbocycles. The molecule has 0 radical (unpaired) electrons. The van der Waals surface area contributed by atoms with Crippen molar-refractivity contribution in [1.29, 1.82) is 0 Å². The maximum absolute atomic E-state index is 12.5. The highest BCUT2D eigenvalue weighted by molar-refractivity contribution is 7.15. The maximum atomic E-state index is 12.5. The van der Waals surface area contributed by atoms with Crippen LogP contribution in [0.5, 0.6) is 0 Å². The minimum absolute atomic E-state index is 0.0869. The molecule has 1 fully saturated rings. The molecule has 0 aromatic carbocycles. The molecule has 2 aliphatic heterocycles. The Labute approximate surface area is 159 Å². The van der Waals surface area contributed by atoms with Crippen LogP contribution in [0.2, 0.25) is 0 Å². The highest BCUT2D eigenvalue weighted by atomic mass is 32.1. The summed E-state index contributed by atoms with van der Waals surface area (Å²) in [6.07, 6.45) is 3.04. The smallest absolute Gasteiger partial charge is 0.321 e. The number of anilines is 1. The van der Waals surface area contributed by atoms with Gasteiger partial charge >= 0.3 is 6.03 Å². The van der Waals surface area contributed by atoms with E-state index in [1.54, 1.807) is 0 Å². The van der Waals surface area contributed by atoms with E-state index in [1.165, 1.54) is 11.3 Å². The van der Waals surface area contributed by atoms with Crippen LogP contribution >= 0.6 is 11.3 Å². The van der Waals surface area contributed by atoms with Crippen molar-refractivity contribution >= 4 is 28.4 Å². The van der Waals surface area contributed by atoms with Crippen molar-refractivity contribution in [2.75, 3.05) is 31.5 Å². The molecule has 2 aliphatic rings. The first-order valence-electron chi connectivity index (χ1n) is 9.47. The van der Waals surface area contributed by atoms with Crippen LogP contribution in [0, 0.1) is 5.92 Å². The largest absolute Gasteiger partial charge is 0.342 e. The summed E-state index contributed by atoms with van der Waals surface area (Å²) in [5, 5.41) is 6.24. The molecule has 1 aromatic rings. The summed E-state index contributed by atoms with van der Waals surface area (Å²) in [6, 6.07) is -0.138. The molecule has 0 spiro atoms. The standard InChI is InChI=1S/C18H29N5O2S/c1-12(2)19-17(25)21-18-20-14-6-7-22(10-15(14)26-18)11-16(24)23-8-4-13(3)5-9-23/h12-13H,4-11H2,1-3H3,(H2,19,20,21,25). The lowest BCUT2D eigenvalue weighted by Crippen LogP contribution is -2.44. The van der Waals surface area contributed by atoms with Gasteiger partial charge in [-0.25, -0.2) is 9.78 Å². The first-order chi connectivity index (χ1) is 12.4. The van der Waals surface area contributed by atoms with Gasteiger partial charge in [-0.1, -0.05) is 6.92 Å². The number of thiazole rings is 1. The number of carbonyl (C=O) groups excluding carboxylic acids is 2. The number of likely N-dealkylation sites (tertiary alicyclic amines) is 1. The number of fused-ring (bicyclic) bond motifs is 1. The number of urea groups is 1. The Morgan fingerprint density at radius 3 is 2.69 bits per heavy atom. The average Bonchev–Trinajstić information content (AvgIpc) is 2.95. The van der Waals surface area contributed by atoms with Gasteiger partial charge in [-0.05, 0) is 32.6 Å². The molecule has 8 heteroatoms. The van der Waals surface area contributed by atoms with Crippen LogP contribution in [0.15, 0.2) is 0 Å². The SMILES string of the molecule is CC1CCN(C(=O)CN2CCc3nc(NC(=O)NC(C)C)sc3C2)CC1. The minimum Gasteiger partial charge on any atom is -0.342 e. The first-order valence-corrected chi connectivity index (χ1v) is 10.3. The lowest BCUT2D eigenvalue weighted by molar-refractivity contribution is -0.133. The summed E-state index contributed by atoms with van der Waals surface area (Å²) in [4.78, 5) is 34.3. The van der Waals surface area contributed by atoms with Gasteiger partial charge in [0.25, 0.3) is 0 Å². The van der Waals surface area contributed by atoms with E-state index in [1.807, 2.05) is 18.7 Å². The normalized spacial score (nSPS) is 18.7. The van der Waals surface area contributed by atoms with E-state index in [0.29, 0.717) is 11.7 Å². The predicted octanol–water partition coefficient (Wildman–Crippen LogP) is 2.29. The van der Waals surface area contributed by atoms with Gasteiger partial charge in [-0.2, -0.15) is 0 Å². The van der Waals surface area contributed by atoms with E-state index in [9.17, 15) is 9.59 Å². The van der Waals surface area contributed by atoms with Crippen molar-refractivity contribution in [3.8, 4) is 0 Å². The predicted molar refractivity (Wildman–Crippen MR) is 103 cm³/mol. The molecule has 0 saturated carbocycles. The zero-order valence-electron chi connectivity index (χ0n) is 15.9. The Bertz CT molecular complexity index is 652. The molecular formula is C18H29N5O2S. The van der Waals surface area contributed by atoms with E-state index in [-0.39, 0.29) is 18.0 Å². The first kappa shape index (κ1) is 19.1. The summed E-state index contributed by atoms with van der Waals surface area (Å²) < 4.78 is 0. The van der Waals surface area contributed by atoms with Crippen molar-refractivity contribution in [3.05, 3.63) is 10.6 Å². The van der Waals surface area contributed by atoms with Crippen LogP contribution in [0.1, 0.15) is 44.2 Å². The summed E-state index contributed by atoms with van der Waals surface area (Å²) >= 11 is 1.51. The third-order valence-electron chi connectivity index (χ3n) is 4.95. The molecular weight excluding hydrogens is 350 g/mol. The summed E-state index contributed by atoms with van der Waals surface area (Å²) in [5.41, 5.74) is 1.05. The van der Waals surface area contributed by atoms with Gasteiger partial charge in [0, 0.05) is 43.5 Å². The monoisotopic (exact) mass is 379 g/mol. The topological polar surface area (TPSA) is 77.6 Å². The van der Waals surface area contributed by atoms with E-state index >= 15 is 0 Å². The quantitative estimate of drug-likeness (QED) is 0.841.